The van der Waals surface area contributed by atoms with E-state index in [1.807, 2.05) is 30.5 Å². The monoisotopic (exact) mass is 373 g/mol. The molecule has 0 N–H and O–H groups in total. The number of morpholine rings is 1. The summed E-state index contributed by atoms with van der Waals surface area (Å²) in [6.07, 6.45) is 5.89. The molecule has 1 unspecified atom stereocenters. The van der Waals surface area contributed by atoms with E-state index in [0.29, 0.717) is 26.2 Å². The summed E-state index contributed by atoms with van der Waals surface area (Å²) in [5, 5.41) is 0. The second kappa shape index (κ2) is 9.50. The Kier molecular flexibility index (Phi) is 6.81. The SMILES string of the molecule is CCCCC/C=N/CC1CN(c2ccc(N3CCOCC3=O)cc2)C(=O)O1. The molecule has 0 spiro atoms. The molecule has 1 atom stereocenters. The van der Waals surface area contributed by atoms with Crippen molar-refractivity contribution in [1.82, 2.24) is 0 Å². The Morgan fingerprint density at radius 1 is 1.15 bits per heavy atom. The minimum atomic E-state index is -0.351. The first kappa shape index (κ1) is 19.4. The van der Waals surface area contributed by atoms with Gasteiger partial charge in [-0.2, -0.15) is 0 Å². The first-order valence-electron chi connectivity index (χ1n) is 9.63. The quantitative estimate of drug-likeness (QED) is 0.519. The fraction of sp³-hybridized carbons (Fsp3) is 0.550. The first-order chi connectivity index (χ1) is 13.2. The fourth-order valence-corrected chi connectivity index (χ4v) is 3.20. The highest BCUT2D eigenvalue weighted by atomic mass is 16.6. The van der Waals surface area contributed by atoms with Gasteiger partial charge in [-0.1, -0.05) is 19.8 Å². The van der Waals surface area contributed by atoms with Crippen molar-refractivity contribution in [2.45, 2.75) is 38.7 Å². The smallest absolute Gasteiger partial charge is 0.414 e. The van der Waals surface area contributed by atoms with E-state index in [1.54, 1.807) is 9.80 Å². The number of ether oxygens (including phenoxy) is 2. The van der Waals surface area contributed by atoms with Crippen LogP contribution in [-0.2, 0) is 14.3 Å². The van der Waals surface area contributed by atoms with E-state index < -0.39 is 0 Å². The minimum absolute atomic E-state index is 0.0496. The van der Waals surface area contributed by atoms with E-state index in [2.05, 4.69) is 11.9 Å². The Morgan fingerprint density at radius 3 is 2.59 bits per heavy atom. The topological polar surface area (TPSA) is 71.4 Å². The van der Waals surface area contributed by atoms with Crippen molar-refractivity contribution in [3.63, 3.8) is 0 Å². The number of aliphatic imine (C=N–C) groups is 1. The number of cyclic esters (lactones) is 1. The molecule has 3 rings (SSSR count). The molecule has 2 saturated heterocycles. The van der Waals surface area contributed by atoms with Crippen LogP contribution in [0.15, 0.2) is 29.3 Å². The lowest BCUT2D eigenvalue weighted by atomic mass is 10.2. The zero-order valence-corrected chi connectivity index (χ0v) is 15.8. The van der Waals surface area contributed by atoms with Crippen molar-refractivity contribution in [3.05, 3.63) is 24.3 Å². The molecule has 0 aliphatic carbocycles. The summed E-state index contributed by atoms with van der Waals surface area (Å²) < 4.78 is 10.6. The summed E-state index contributed by atoms with van der Waals surface area (Å²) in [6.45, 7) is 4.35. The summed E-state index contributed by atoms with van der Waals surface area (Å²) in [5.74, 6) is -0.0496. The molecule has 1 aromatic carbocycles. The van der Waals surface area contributed by atoms with Gasteiger partial charge in [-0.3, -0.25) is 14.7 Å². The Morgan fingerprint density at radius 2 is 1.89 bits per heavy atom. The van der Waals surface area contributed by atoms with E-state index in [4.69, 9.17) is 9.47 Å². The number of benzene rings is 1. The second-order valence-electron chi connectivity index (χ2n) is 6.77. The predicted octanol–water partition coefficient (Wildman–Crippen LogP) is 3.03. The fourth-order valence-electron chi connectivity index (χ4n) is 3.20. The maximum atomic E-state index is 12.2. The highest BCUT2D eigenvalue weighted by Crippen LogP contribution is 2.25. The van der Waals surface area contributed by atoms with Crippen LogP contribution in [0.4, 0.5) is 16.2 Å². The first-order valence-corrected chi connectivity index (χ1v) is 9.63. The molecule has 7 heteroatoms. The molecular weight excluding hydrogens is 346 g/mol. The van der Waals surface area contributed by atoms with Crippen LogP contribution in [0.5, 0.6) is 0 Å². The molecule has 2 amide bonds. The van der Waals surface area contributed by atoms with E-state index >= 15 is 0 Å². The lowest BCUT2D eigenvalue weighted by molar-refractivity contribution is -0.125. The zero-order valence-electron chi connectivity index (χ0n) is 15.8. The third kappa shape index (κ3) is 5.07. The Labute approximate surface area is 159 Å². The Bertz CT molecular complexity index is 674. The third-order valence-corrected chi connectivity index (χ3v) is 4.71. The number of carbonyl (C=O) groups is 2. The summed E-state index contributed by atoms with van der Waals surface area (Å²) in [6, 6.07) is 7.39. The number of hydrogen-bond acceptors (Lipinski definition) is 5. The van der Waals surface area contributed by atoms with Crippen molar-refractivity contribution in [2.75, 3.05) is 42.6 Å². The molecule has 0 bridgehead atoms. The third-order valence-electron chi connectivity index (χ3n) is 4.71. The lowest BCUT2D eigenvalue weighted by Gasteiger charge is -2.27. The number of anilines is 2. The summed E-state index contributed by atoms with van der Waals surface area (Å²) in [4.78, 5) is 31.8. The minimum Gasteiger partial charge on any atom is -0.442 e. The van der Waals surface area contributed by atoms with Crippen LogP contribution < -0.4 is 9.80 Å². The van der Waals surface area contributed by atoms with Gasteiger partial charge in [0.2, 0.25) is 0 Å². The van der Waals surface area contributed by atoms with Gasteiger partial charge in [-0.05, 0) is 43.3 Å². The summed E-state index contributed by atoms with van der Waals surface area (Å²) in [5.41, 5.74) is 1.58. The molecule has 2 heterocycles. The highest BCUT2D eigenvalue weighted by Gasteiger charge is 2.32. The van der Waals surface area contributed by atoms with Gasteiger partial charge in [0.25, 0.3) is 5.91 Å². The van der Waals surface area contributed by atoms with Gasteiger partial charge < -0.3 is 14.4 Å². The average molecular weight is 373 g/mol. The predicted molar refractivity (Wildman–Crippen MR) is 105 cm³/mol. The van der Waals surface area contributed by atoms with Gasteiger partial charge in [0, 0.05) is 17.9 Å². The Balaban J connectivity index is 1.53. The van der Waals surface area contributed by atoms with Crippen molar-refractivity contribution < 1.29 is 19.1 Å². The van der Waals surface area contributed by atoms with Crippen LogP contribution in [0.3, 0.4) is 0 Å². The maximum absolute atomic E-state index is 12.2. The zero-order chi connectivity index (χ0) is 19.1. The van der Waals surface area contributed by atoms with Crippen molar-refractivity contribution >= 4 is 29.6 Å². The number of hydrogen-bond donors (Lipinski definition) is 0. The van der Waals surface area contributed by atoms with Crippen molar-refractivity contribution in [2.24, 2.45) is 4.99 Å². The molecule has 146 valence electrons. The highest BCUT2D eigenvalue weighted by molar-refractivity contribution is 5.95. The van der Waals surface area contributed by atoms with E-state index in [1.165, 1.54) is 12.8 Å². The van der Waals surface area contributed by atoms with Gasteiger partial charge in [0.05, 0.1) is 19.7 Å². The average Bonchev–Trinajstić information content (AvgIpc) is 3.06. The van der Waals surface area contributed by atoms with Crippen LogP contribution in [0, 0.1) is 0 Å². The van der Waals surface area contributed by atoms with E-state index in [9.17, 15) is 9.59 Å². The number of nitrogens with zero attached hydrogens (tertiary/aromatic N) is 3. The summed E-state index contributed by atoms with van der Waals surface area (Å²) >= 11 is 0. The largest absolute Gasteiger partial charge is 0.442 e. The molecule has 7 nitrogen and oxygen atoms in total. The van der Waals surface area contributed by atoms with Gasteiger partial charge in [-0.15, -0.1) is 0 Å². The Hall–Kier alpha value is -2.41. The van der Waals surface area contributed by atoms with Crippen LogP contribution in [0.2, 0.25) is 0 Å². The van der Waals surface area contributed by atoms with Crippen LogP contribution in [0.1, 0.15) is 32.6 Å². The molecule has 1 aromatic rings. The van der Waals surface area contributed by atoms with Crippen LogP contribution >= 0.6 is 0 Å². The van der Waals surface area contributed by atoms with Gasteiger partial charge >= 0.3 is 6.09 Å². The van der Waals surface area contributed by atoms with E-state index in [-0.39, 0.29) is 24.7 Å². The van der Waals surface area contributed by atoms with Crippen LogP contribution in [0.25, 0.3) is 0 Å². The number of carbonyl (C=O) groups excluding carboxylic acids is 2. The molecule has 2 aliphatic heterocycles. The second-order valence-corrected chi connectivity index (χ2v) is 6.77. The van der Waals surface area contributed by atoms with Gasteiger partial charge in [-0.25, -0.2) is 4.79 Å². The molecule has 27 heavy (non-hydrogen) atoms. The van der Waals surface area contributed by atoms with Crippen molar-refractivity contribution in [1.29, 1.82) is 0 Å². The molecule has 2 aliphatic rings. The molecule has 0 aromatic heterocycles. The number of rotatable bonds is 8. The summed E-state index contributed by atoms with van der Waals surface area (Å²) in [7, 11) is 0. The molecular formula is C20H27N3O4. The standard InChI is InChI=1S/C20H27N3O4/c1-2-3-4-5-10-21-13-18-14-23(20(25)27-18)17-8-6-16(7-9-17)22-11-12-26-15-19(22)24/h6-10,18H,2-5,11-15H2,1H3/b21-10+. The van der Waals surface area contributed by atoms with Crippen LogP contribution in [-0.4, -0.2) is 57.2 Å². The molecule has 0 saturated carbocycles. The van der Waals surface area contributed by atoms with E-state index in [0.717, 1.165) is 24.2 Å². The maximum Gasteiger partial charge on any atom is 0.414 e. The normalized spacial score (nSPS) is 20.6. The lowest BCUT2D eigenvalue weighted by Crippen LogP contribution is -2.41. The van der Waals surface area contributed by atoms with Gasteiger partial charge in [0.1, 0.15) is 12.7 Å². The van der Waals surface area contributed by atoms with Crippen molar-refractivity contribution in [3.8, 4) is 0 Å². The number of amides is 2. The van der Waals surface area contributed by atoms with Gasteiger partial charge in [0.15, 0.2) is 0 Å². The molecule has 0 radical (unpaired) electrons. The number of unbranched alkanes of at least 4 members (excludes halogenated alkanes) is 3. The molecule has 2 fully saturated rings.